The fraction of sp³-hybridized carbons (Fsp3) is 0.473. The number of pyridine rings is 6. The summed E-state index contributed by atoms with van der Waals surface area (Å²) < 4.78 is 52.7. The molecular weight excluding hydrogens is 1520 g/mol. The number of nitrogens with zero attached hydrogens (tertiary/aromatic N) is 11. The summed E-state index contributed by atoms with van der Waals surface area (Å²) in [6.45, 7) is 58.6. The summed E-state index contributed by atoms with van der Waals surface area (Å²) in [6, 6.07) is 26.5. The zero-order chi connectivity index (χ0) is 84.6. The Morgan fingerprint density at radius 2 is 1.06 bits per heavy atom. The maximum atomic E-state index is 12.8. The summed E-state index contributed by atoms with van der Waals surface area (Å²) in [4.78, 5) is 40.7. The van der Waals surface area contributed by atoms with Gasteiger partial charge < -0.3 is 13.6 Å². The van der Waals surface area contributed by atoms with Crippen molar-refractivity contribution in [1.82, 2.24) is 49.8 Å². The van der Waals surface area contributed by atoms with Crippen LogP contribution in [0.5, 0.6) is 0 Å². The van der Waals surface area contributed by atoms with Crippen molar-refractivity contribution >= 4 is 57.2 Å². The highest BCUT2D eigenvalue weighted by molar-refractivity contribution is 7.10. The summed E-state index contributed by atoms with van der Waals surface area (Å²) in [5.74, 6) is 4.50. The molecule has 22 heteroatoms. The molecule has 11 aromatic heterocycles. The van der Waals surface area contributed by atoms with E-state index in [1.807, 2.05) is 112 Å². The third-order valence-electron chi connectivity index (χ3n) is 17.8. The van der Waals surface area contributed by atoms with Crippen molar-refractivity contribution in [2.45, 2.75) is 264 Å². The van der Waals surface area contributed by atoms with Crippen LogP contribution in [-0.4, -0.2) is 75.6 Å². The van der Waals surface area contributed by atoms with E-state index < -0.39 is 17.8 Å². The standard InChI is InChI=1S/C13H19NOS.C9H12ClN.C9H12FN.C9H13N.C8H10ClN.C8H9F2N.C8H9NS.C8H11N.C7H11NO.C6H9NO.C6H9NS/c1-9(2)12-8-16-13-5-14(4-3-11(12)13)10-6-15-7-10;2*1-6(2)8-4-5-9(10)11-7(8)3;1-7(2)9-5-4-6-10-8(9)3;1-6(2)7-4-3-5-10-8(7)9;1-5(2)6-3-4-7(9)11-8(6)10;1-6(2)8-3-7(4-9)5-10-8;1-7(2)8-4-3-5-9-6-8;1-5(2)7-6(3)8-4-9-7;2*1-5(2)6-3-8-4-7-6/h8-10H,3-7H2,1-2H3;2*4-6H,1-3H3;4-7H,1-3H3;3-6H,1-2H3;3-5H,1-2H3;3,5-6H,1-2H3;3-7H,1-2H3;4-5H,1-3H3;2*3-5H,1-2H3. The number of nitriles is 1. The molecular formula is C91H124Cl2F3N11O3S3. The van der Waals surface area contributed by atoms with Gasteiger partial charge in [-0.05, 0) is 186 Å². The van der Waals surface area contributed by atoms with Crippen molar-refractivity contribution in [2.24, 2.45) is 0 Å². The summed E-state index contributed by atoms with van der Waals surface area (Å²) in [5.41, 5.74) is 18.7. The van der Waals surface area contributed by atoms with E-state index in [2.05, 4.69) is 224 Å². The number of oxazole rings is 2. The first-order valence-corrected chi connectivity index (χ1v) is 42.4. The van der Waals surface area contributed by atoms with Gasteiger partial charge in [0.25, 0.3) is 0 Å². The fourth-order valence-corrected chi connectivity index (χ4v) is 14.4. The van der Waals surface area contributed by atoms with Gasteiger partial charge in [0.2, 0.25) is 17.8 Å². The SMILES string of the molecule is CC(C)c1cc(C#N)cs1.CC(C)c1ccc(F)nc1F.CC(C)c1cccnc1.CC(C)c1cccnc1Cl.CC(C)c1cocn1.CC(C)c1csc2c1CCN(C1COC1)C2.CC(C)c1cscn1.Cc1nc(Cl)ccc1C(C)C.Cc1nc(F)ccc1C(C)C.Cc1ncccc1C(C)C.Cc1ncoc1C(C)C. The highest BCUT2D eigenvalue weighted by Gasteiger charge is 2.30. The van der Waals surface area contributed by atoms with Gasteiger partial charge in [-0.3, -0.25) is 14.9 Å². The van der Waals surface area contributed by atoms with Crippen LogP contribution in [0.25, 0.3) is 0 Å². The molecule has 13 heterocycles. The van der Waals surface area contributed by atoms with E-state index in [0.29, 0.717) is 81.1 Å². The molecule has 2 aliphatic rings. The molecule has 0 aromatic carbocycles. The van der Waals surface area contributed by atoms with E-state index in [4.69, 9.17) is 42.0 Å². The van der Waals surface area contributed by atoms with E-state index in [9.17, 15) is 13.2 Å². The van der Waals surface area contributed by atoms with Crippen LogP contribution in [0.2, 0.25) is 10.3 Å². The van der Waals surface area contributed by atoms with Crippen molar-refractivity contribution in [2.75, 3.05) is 19.8 Å². The highest BCUT2D eigenvalue weighted by atomic mass is 35.5. The van der Waals surface area contributed by atoms with Crippen molar-refractivity contribution in [3.63, 3.8) is 0 Å². The van der Waals surface area contributed by atoms with Crippen LogP contribution in [0.15, 0.2) is 153 Å². The molecule has 0 amide bonds. The Kier molecular flexibility index (Phi) is 46.2. The normalized spacial score (nSPS) is 12.1. The maximum Gasteiger partial charge on any atom is 0.218 e. The molecule has 11 aromatic rings. The molecule has 14 nitrogen and oxygen atoms in total. The lowest BCUT2D eigenvalue weighted by atomic mass is 9.95. The maximum absolute atomic E-state index is 12.8. The number of fused-ring (bicyclic) bond motifs is 1. The van der Waals surface area contributed by atoms with Gasteiger partial charge in [-0.2, -0.15) is 23.4 Å². The van der Waals surface area contributed by atoms with Gasteiger partial charge >= 0.3 is 0 Å². The molecule has 1 saturated heterocycles. The molecule has 614 valence electrons. The zero-order valence-electron chi connectivity index (χ0n) is 71.6. The summed E-state index contributed by atoms with van der Waals surface area (Å²) >= 11 is 16.8. The Labute approximate surface area is 696 Å². The minimum absolute atomic E-state index is 0.0445. The Morgan fingerprint density at radius 3 is 1.43 bits per heavy atom. The van der Waals surface area contributed by atoms with Crippen LogP contribution in [0, 0.1) is 56.9 Å². The predicted octanol–water partition coefficient (Wildman–Crippen LogP) is 27.4. The number of thiophene rings is 2. The molecule has 0 spiro atoms. The lowest BCUT2D eigenvalue weighted by Crippen LogP contribution is -2.50. The number of ether oxygens (including phenoxy) is 1. The van der Waals surface area contributed by atoms with Gasteiger partial charge in [0.15, 0.2) is 12.8 Å². The fourth-order valence-electron chi connectivity index (χ4n) is 11.0. The van der Waals surface area contributed by atoms with Gasteiger partial charge in [-0.1, -0.05) is 206 Å². The first kappa shape index (κ1) is 99.3. The van der Waals surface area contributed by atoms with Crippen LogP contribution < -0.4 is 0 Å². The van der Waals surface area contributed by atoms with Gasteiger partial charge in [0.1, 0.15) is 28.4 Å². The molecule has 0 bridgehead atoms. The second-order valence-electron chi connectivity index (χ2n) is 30.7. The van der Waals surface area contributed by atoms with Crippen LogP contribution in [-0.2, 0) is 17.7 Å². The lowest BCUT2D eigenvalue weighted by molar-refractivity contribution is -0.0691. The summed E-state index contributed by atoms with van der Waals surface area (Å²) in [6.07, 6.45) is 13.1. The minimum Gasteiger partial charge on any atom is -0.451 e. The monoisotopic (exact) mass is 1640 g/mol. The number of thiazole rings is 1. The Hall–Kier alpha value is -7.87. The average Bonchev–Trinajstić information content (AvgIpc) is 1.66. The largest absolute Gasteiger partial charge is 0.451 e. The van der Waals surface area contributed by atoms with Crippen LogP contribution in [0.3, 0.4) is 0 Å². The van der Waals surface area contributed by atoms with Gasteiger partial charge in [-0.15, -0.1) is 34.0 Å². The Balaban J connectivity index is 0.000000324. The first-order valence-electron chi connectivity index (χ1n) is 38.9. The number of aryl methyl sites for hydroxylation is 4. The molecule has 113 heavy (non-hydrogen) atoms. The number of halogens is 5. The van der Waals surface area contributed by atoms with E-state index in [1.54, 1.807) is 63.4 Å². The molecule has 0 N–H and O–H groups in total. The minimum atomic E-state index is -0.771. The zero-order valence-corrected chi connectivity index (χ0v) is 75.5. The van der Waals surface area contributed by atoms with Gasteiger partial charge in [0.05, 0.1) is 47.4 Å². The second kappa shape index (κ2) is 52.6. The quantitative estimate of drug-likeness (QED) is 0.105. The molecule has 0 aliphatic carbocycles. The summed E-state index contributed by atoms with van der Waals surface area (Å²) in [5, 5.41) is 16.0. The molecule has 13 rings (SSSR count). The van der Waals surface area contributed by atoms with E-state index in [-0.39, 0.29) is 5.92 Å². The van der Waals surface area contributed by atoms with Crippen LogP contribution in [0.1, 0.15) is 317 Å². The molecule has 0 atom stereocenters. The topological polar surface area (TPSA) is 179 Å². The van der Waals surface area contributed by atoms with Crippen LogP contribution >= 0.6 is 57.2 Å². The summed E-state index contributed by atoms with van der Waals surface area (Å²) in [7, 11) is 0. The Morgan fingerprint density at radius 1 is 0.504 bits per heavy atom. The van der Waals surface area contributed by atoms with Gasteiger partial charge in [-0.25, -0.2) is 29.9 Å². The van der Waals surface area contributed by atoms with Crippen molar-refractivity contribution in [3.05, 3.63) is 272 Å². The van der Waals surface area contributed by atoms with Crippen molar-refractivity contribution in [3.8, 4) is 6.07 Å². The van der Waals surface area contributed by atoms with E-state index in [0.717, 1.165) is 70.7 Å². The number of hydrogen-bond acceptors (Lipinski definition) is 17. The number of aromatic nitrogens is 9. The van der Waals surface area contributed by atoms with Gasteiger partial charge in [0, 0.05) is 87.0 Å². The second-order valence-corrected chi connectivity index (χ2v) is 34.0. The molecule has 0 radical (unpaired) electrons. The van der Waals surface area contributed by atoms with E-state index >= 15 is 0 Å². The number of rotatable bonds is 12. The smallest absolute Gasteiger partial charge is 0.218 e. The third-order valence-corrected chi connectivity index (χ3v) is 21.2. The van der Waals surface area contributed by atoms with E-state index in [1.165, 1.54) is 71.2 Å². The lowest BCUT2D eigenvalue weighted by Gasteiger charge is -2.39. The predicted molar refractivity (Wildman–Crippen MR) is 466 cm³/mol. The molecule has 0 unspecified atom stereocenters. The van der Waals surface area contributed by atoms with Crippen LogP contribution in [0.4, 0.5) is 13.2 Å². The average molecular weight is 1640 g/mol. The molecule has 0 saturated carbocycles. The van der Waals surface area contributed by atoms with Crippen molar-refractivity contribution in [1.29, 1.82) is 5.26 Å². The molecule has 1 fully saturated rings. The molecule has 2 aliphatic heterocycles. The highest BCUT2D eigenvalue weighted by Crippen LogP contribution is 2.35. The Bertz CT molecular complexity index is 4210. The third kappa shape index (κ3) is 36.7. The number of hydrogen-bond donors (Lipinski definition) is 0. The first-order chi connectivity index (χ1) is 53.4. The van der Waals surface area contributed by atoms with Crippen molar-refractivity contribution < 1.29 is 26.7 Å².